The van der Waals surface area contributed by atoms with E-state index in [0.717, 1.165) is 10.2 Å². The highest BCUT2D eigenvalue weighted by Crippen LogP contribution is 2.25. The maximum absolute atomic E-state index is 11.9. The number of hydrogen-bond acceptors (Lipinski definition) is 4. The first kappa shape index (κ1) is 13.0. The molecule has 0 spiro atoms. The van der Waals surface area contributed by atoms with Crippen LogP contribution in [-0.4, -0.2) is 16.9 Å². The van der Waals surface area contributed by atoms with E-state index >= 15 is 0 Å². The van der Waals surface area contributed by atoms with Gasteiger partial charge in [-0.1, -0.05) is 37.3 Å². The van der Waals surface area contributed by atoms with E-state index in [9.17, 15) is 4.79 Å². The van der Waals surface area contributed by atoms with Crippen molar-refractivity contribution in [3.8, 4) is 0 Å². The number of fused-ring (bicyclic) bond motifs is 1. The third kappa shape index (κ3) is 3.05. The van der Waals surface area contributed by atoms with Gasteiger partial charge in [-0.25, -0.2) is 4.98 Å². The molecule has 1 aromatic carbocycles. The van der Waals surface area contributed by atoms with Crippen molar-refractivity contribution in [2.24, 2.45) is 11.7 Å². The maximum Gasteiger partial charge on any atom is 0.243 e. The number of nitrogens with two attached hydrogens (primary N) is 1. The van der Waals surface area contributed by atoms with Crippen LogP contribution >= 0.6 is 11.3 Å². The van der Waals surface area contributed by atoms with Crippen LogP contribution in [-0.2, 0) is 4.79 Å². The van der Waals surface area contributed by atoms with Gasteiger partial charge in [0.05, 0.1) is 16.3 Å². The molecule has 0 unspecified atom stereocenters. The Kier molecular flexibility index (Phi) is 3.93. The molecule has 96 valence electrons. The van der Waals surface area contributed by atoms with Crippen LogP contribution < -0.4 is 11.1 Å². The SMILES string of the molecule is CC(C)C[C@H](N)C(=O)Nc1nc2ccccc2s1. The van der Waals surface area contributed by atoms with E-state index in [1.165, 1.54) is 11.3 Å². The summed E-state index contributed by atoms with van der Waals surface area (Å²) in [6, 6.07) is 7.32. The van der Waals surface area contributed by atoms with Gasteiger partial charge in [0.25, 0.3) is 0 Å². The lowest BCUT2D eigenvalue weighted by molar-refractivity contribution is -0.117. The summed E-state index contributed by atoms with van der Waals surface area (Å²) >= 11 is 1.46. The molecule has 0 saturated heterocycles. The van der Waals surface area contributed by atoms with Gasteiger partial charge < -0.3 is 11.1 Å². The Hall–Kier alpha value is -1.46. The van der Waals surface area contributed by atoms with Crippen molar-refractivity contribution in [2.45, 2.75) is 26.3 Å². The highest BCUT2D eigenvalue weighted by molar-refractivity contribution is 7.22. The van der Waals surface area contributed by atoms with E-state index in [1.807, 2.05) is 38.1 Å². The first-order chi connectivity index (χ1) is 8.56. The molecule has 0 saturated carbocycles. The van der Waals surface area contributed by atoms with Crippen LogP contribution in [0.1, 0.15) is 20.3 Å². The van der Waals surface area contributed by atoms with Gasteiger partial charge in [0.15, 0.2) is 5.13 Å². The van der Waals surface area contributed by atoms with Gasteiger partial charge in [-0.15, -0.1) is 0 Å². The van der Waals surface area contributed by atoms with E-state index < -0.39 is 6.04 Å². The van der Waals surface area contributed by atoms with Crippen molar-refractivity contribution in [1.29, 1.82) is 0 Å². The highest BCUT2D eigenvalue weighted by atomic mass is 32.1. The van der Waals surface area contributed by atoms with Crippen LogP contribution in [0.2, 0.25) is 0 Å². The summed E-state index contributed by atoms with van der Waals surface area (Å²) in [6.07, 6.45) is 0.677. The van der Waals surface area contributed by atoms with Crippen molar-refractivity contribution in [1.82, 2.24) is 4.98 Å². The Morgan fingerprint density at radius 1 is 1.44 bits per heavy atom. The van der Waals surface area contributed by atoms with Gasteiger partial charge in [0.1, 0.15) is 0 Å². The number of benzene rings is 1. The molecule has 2 aromatic rings. The Morgan fingerprint density at radius 3 is 2.83 bits per heavy atom. The molecule has 0 radical (unpaired) electrons. The lowest BCUT2D eigenvalue weighted by Gasteiger charge is -2.12. The molecule has 0 fully saturated rings. The number of para-hydroxylation sites is 1. The normalized spacial score (nSPS) is 12.9. The lowest BCUT2D eigenvalue weighted by atomic mass is 10.0. The molecule has 0 aliphatic heterocycles. The van der Waals surface area contributed by atoms with Gasteiger partial charge >= 0.3 is 0 Å². The zero-order valence-corrected chi connectivity index (χ0v) is 11.3. The zero-order valence-electron chi connectivity index (χ0n) is 10.5. The first-order valence-corrected chi connectivity index (χ1v) is 6.80. The number of aromatic nitrogens is 1. The quantitative estimate of drug-likeness (QED) is 0.891. The number of thiazole rings is 1. The Morgan fingerprint density at radius 2 is 2.17 bits per heavy atom. The lowest BCUT2D eigenvalue weighted by Crippen LogP contribution is -2.36. The number of anilines is 1. The number of carbonyl (C=O) groups excluding carboxylic acids is 1. The van der Waals surface area contributed by atoms with Gasteiger partial charge in [-0.05, 0) is 24.5 Å². The van der Waals surface area contributed by atoms with E-state index in [1.54, 1.807) is 0 Å². The van der Waals surface area contributed by atoms with Crippen molar-refractivity contribution in [3.63, 3.8) is 0 Å². The summed E-state index contributed by atoms with van der Waals surface area (Å²) < 4.78 is 1.06. The van der Waals surface area contributed by atoms with Gasteiger partial charge in [0, 0.05) is 0 Å². The summed E-state index contributed by atoms with van der Waals surface area (Å²) in [7, 11) is 0. The van der Waals surface area contributed by atoms with Gasteiger partial charge in [-0.2, -0.15) is 0 Å². The molecule has 5 heteroatoms. The average molecular weight is 263 g/mol. The number of nitrogens with zero attached hydrogens (tertiary/aromatic N) is 1. The van der Waals surface area contributed by atoms with E-state index in [2.05, 4.69) is 10.3 Å². The molecule has 2 rings (SSSR count). The second kappa shape index (κ2) is 5.46. The summed E-state index contributed by atoms with van der Waals surface area (Å²) in [6.45, 7) is 4.09. The fourth-order valence-corrected chi connectivity index (χ4v) is 2.61. The smallest absolute Gasteiger partial charge is 0.243 e. The molecule has 18 heavy (non-hydrogen) atoms. The molecule has 1 amide bonds. The number of hydrogen-bond donors (Lipinski definition) is 2. The second-order valence-electron chi connectivity index (χ2n) is 4.71. The fourth-order valence-electron chi connectivity index (χ4n) is 1.74. The first-order valence-electron chi connectivity index (χ1n) is 5.98. The monoisotopic (exact) mass is 263 g/mol. The molecule has 0 aliphatic rings. The fraction of sp³-hybridized carbons (Fsp3) is 0.385. The molecular weight excluding hydrogens is 246 g/mol. The largest absolute Gasteiger partial charge is 0.320 e. The van der Waals surface area contributed by atoms with E-state index in [0.29, 0.717) is 17.5 Å². The Labute approximate surface area is 110 Å². The Bertz CT molecular complexity index is 517. The van der Waals surface area contributed by atoms with Crippen LogP contribution in [0.25, 0.3) is 10.2 Å². The van der Waals surface area contributed by atoms with Crippen molar-refractivity contribution < 1.29 is 4.79 Å². The minimum atomic E-state index is -0.475. The highest BCUT2D eigenvalue weighted by Gasteiger charge is 2.16. The Balaban J connectivity index is 2.06. The maximum atomic E-state index is 11.9. The number of rotatable bonds is 4. The van der Waals surface area contributed by atoms with Crippen LogP contribution in [0.3, 0.4) is 0 Å². The summed E-state index contributed by atoms with van der Waals surface area (Å²) in [5, 5.41) is 3.39. The number of amides is 1. The molecule has 3 N–H and O–H groups in total. The van der Waals surface area contributed by atoms with Crippen molar-refractivity contribution >= 4 is 32.6 Å². The minimum Gasteiger partial charge on any atom is -0.320 e. The summed E-state index contributed by atoms with van der Waals surface area (Å²) in [5.74, 6) is 0.240. The topological polar surface area (TPSA) is 68.0 Å². The van der Waals surface area contributed by atoms with Crippen LogP contribution in [0.5, 0.6) is 0 Å². The van der Waals surface area contributed by atoms with E-state index in [-0.39, 0.29) is 5.91 Å². The summed E-state index contributed by atoms with van der Waals surface area (Å²) in [5.41, 5.74) is 6.72. The molecule has 0 bridgehead atoms. The minimum absolute atomic E-state index is 0.164. The predicted molar refractivity (Wildman–Crippen MR) is 75.7 cm³/mol. The average Bonchev–Trinajstić information content (AvgIpc) is 2.69. The van der Waals surface area contributed by atoms with E-state index in [4.69, 9.17) is 5.73 Å². The van der Waals surface area contributed by atoms with Crippen molar-refractivity contribution in [3.05, 3.63) is 24.3 Å². The van der Waals surface area contributed by atoms with Crippen molar-refractivity contribution in [2.75, 3.05) is 5.32 Å². The summed E-state index contributed by atoms with van der Waals surface area (Å²) in [4.78, 5) is 16.2. The van der Waals surface area contributed by atoms with Gasteiger partial charge in [-0.3, -0.25) is 4.79 Å². The number of carbonyl (C=O) groups is 1. The third-order valence-corrected chi connectivity index (χ3v) is 3.54. The standard InChI is InChI=1S/C13H17N3OS/c1-8(2)7-9(14)12(17)16-13-15-10-5-3-4-6-11(10)18-13/h3-6,8-9H,7,14H2,1-2H3,(H,15,16,17)/t9-/m0/s1. The molecule has 1 atom stereocenters. The van der Waals surface area contributed by atoms with Gasteiger partial charge in [0.2, 0.25) is 5.91 Å². The third-order valence-electron chi connectivity index (χ3n) is 2.59. The molecular formula is C13H17N3OS. The number of nitrogens with one attached hydrogen (secondary N) is 1. The molecule has 1 heterocycles. The second-order valence-corrected chi connectivity index (χ2v) is 5.74. The van der Waals surface area contributed by atoms with Crippen LogP contribution in [0, 0.1) is 5.92 Å². The predicted octanol–water partition coefficient (Wildman–Crippen LogP) is 2.61. The molecule has 0 aliphatic carbocycles. The van der Waals surface area contributed by atoms with Crippen LogP contribution in [0.4, 0.5) is 5.13 Å². The van der Waals surface area contributed by atoms with Crippen LogP contribution in [0.15, 0.2) is 24.3 Å². The molecule has 4 nitrogen and oxygen atoms in total. The molecule has 1 aromatic heterocycles. The zero-order chi connectivity index (χ0) is 13.1.